The number of piperazine rings is 1. The zero-order valence-electron chi connectivity index (χ0n) is 16.9. The molecule has 1 heterocycles. The summed E-state index contributed by atoms with van der Waals surface area (Å²) in [6.45, 7) is 3.83. The molecule has 1 atom stereocenters. The Balaban J connectivity index is 1.48. The van der Waals surface area contributed by atoms with Gasteiger partial charge in [-0.25, -0.2) is 12.8 Å². The van der Waals surface area contributed by atoms with Crippen LogP contribution in [0.1, 0.15) is 39.0 Å². The van der Waals surface area contributed by atoms with E-state index < -0.39 is 15.8 Å². The molecule has 0 aromatic heterocycles. The van der Waals surface area contributed by atoms with E-state index in [-0.39, 0.29) is 29.9 Å². The lowest BCUT2D eigenvalue weighted by molar-refractivity contribution is -0.126. The molecule has 0 unspecified atom stereocenters. The average Bonchev–Trinajstić information content (AvgIpc) is 2.74. The number of rotatable bonds is 7. The highest BCUT2D eigenvalue weighted by Crippen LogP contribution is 2.21. The van der Waals surface area contributed by atoms with E-state index in [4.69, 9.17) is 0 Å². The maximum Gasteiger partial charge on any atom is 0.246 e. The maximum atomic E-state index is 13.9. The second-order valence-electron chi connectivity index (χ2n) is 7.70. The highest BCUT2D eigenvalue weighted by molar-refractivity contribution is 7.89. The van der Waals surface area contributed by atoms with Gasteiger partial charge >= 0.3 is 0 Å². The summed E-state index contributed by atoms with van der Waals surface area (Å²) in [5.74, 6) is -0.775. The zero-order chi connectivity index (χ0) is 20.9. The zero-order valence-corrected chi connectivity index (χ0v) is 17.8. The summed E-state index contributed by atoms with van der Waals surface area (Å²) < 4.78 is 40.6. The molecule has 1 aliphatic carbocycles. The molecule has 1 aromatic rings. The molecule has 0 bridgehead atoms. The molecular weight excluding hydrogens is 393 g/mol. The third-order valence-electron chi connectivity index (χ3n) is 5.79. The highest BCUT2D eigenvalue weighted by Gasteiger charge is 2.33. The van der Waals surface area contributed by atoms with Gasteiger partial charge in [0.2, 0.25) is 15.9 Å². The van der Waals surface area contributed by atoms with E-state index in [1.807, 2.05) is 11.8 Å². The minimum absolute atomic E-state index is 0.0354. The van der Waals surface area contributed by atoms with Crippen molar-refractivity contribution in [2.24, 2.45) is 0 Å². The van der Waals surface area contributed by atoms with Crippen molar-refractivity contribution in [2.75, 3.05) is 32.7 Å². The normalized spacial score (nSPS) is 20.1. The van der Waals surface area contributed by atoms with Crippen LogP contribution in [0.4, 0.5) is 4.39 Å². The number of carbonyl (C=O) groups is 1. The molecule has 2 aliphatic rings. The van der Waals surface area contributed by atoms with Crippen LogP contribution in [0, 0.1) is 5.82 Å². The van der Waals surface area contributed by atoms with Gasteiger partial charge in [-0.05, 0) is 51.2 Å². The van der Waals surface area contributed by atoms with Crippen molar-refractivity contribution in [1.82, 2.24) is 14.5 Å². The molecule has 8 heteroatoms. The number of amides is 1. The van der Waals surface area contributed by atoms with Crippen LogP contribution in [0.25, 0.3) is 0 Å². The first-order valence-electron chi connectivity index (χ1n) is 10.3. The largest absolute Gasteiger partial charge is 0.354 e. The third kappa shape index (κ3) is 5.43. The van der Waals surface area contributed by atoms with Gasteiger partial charge in [-0.3, -0.25) is 9.69 Å². The second-order valence-corrected chi connectivity index (χ2v) is 9.60. The summed E-state index contributed by atoms with van der Waals surface area (Å²) in [5, 5.41) is 3.00. The first kappa shape index (κ1) is 21.9. The van der Waals surface area contributed by atoms with Gasteiger partial charge in [0, 0.05) is 32.7 Å². The molecule has 1 amide bonds. The number of nitrogens with zero attached hydrogens (tertiary/aromatic N) is 2. The SMILES string of the molecule is C[C@H](C(=O)NCCC1=CCCCC1)N1CCN(S(=O)(=O)c2ccccc2F)CC1. The minimum atomic E-state index is -3.86. The Morgan fingerprint density at radius 1 is 1.17 bits per heavy atom. The number of benzene rings is 1. The van der Waals surface area contributed by atoms with E-state index in [2.05, 4.69) is 11.4 Å². The van der Waals surface area contributed by atoms with E-state index in [0.717, 1.165) is 25.3 Å². The van der Waals surface area contributed by atoms with E-state index >= 15 is 0 Å². The molecule has 1 aromatic carbocycles. The van der Waals surface area contributed by atoms with Crippen molar-refractivity contribution in [1.29, 1.82) is 0 Å². The fraction of sp³-hybridized carbons (Fsp3) is 0.571. The molecule has 1 aliphatic heterocycles. The van der Waals surface area contributed by atoms with Crippen molar-refractivity contribution in [3.8, 4) is 0 Å². The van der Waals surface area contributed by atoms with E-state index in [1.165, 1.54) is 40.9 Å². The van der Waals surface area contributed by atoms with Gasteiger partial charge in [-0.15, -0.1) is 0 Å². The van der Waals surface area contributed by atoms with Crippen molar-refractivity contribution in [3.63, 3.8) is 0 Å². The van der Waals surface area contributed by atoms with E-state index in [9.17, 15) is 17.6 Å². The average molecular weight is 424 g/mol. The van der Waals surface area contributed by atoms with Crippen LogP contribution in [0.15, 0.2) is 40.8 Å². The molecular formula is C21H30FN3O3S. The third-order valence-corrected chi connectivity index (χ3v) is 7.72. The number of allylic oxidation sites excluding steroid dienone is 1. The number of carbonyl (C=O) groups excluding carboxylic acids is 1. The predicted octanol–water partition coefficient (Wildman–Crippen LogP) is 2.53. The van der Waals surface area contributed by atoms with Crippen LogP contribution in [0.2, 0.25) is 0 Å². The Morgan fingerprint density at radius 2 is 1.90 bits per heavy atom. The lowest BCUT2D eigenvalue weighted by Gasteiger charge is -2.36. The Bertz CT molecular complexity index is 848. The molecule has 1 fully saturated rings. The summed E-state index contributed by atoms with van der Waals surface area (Å²) in [6.07, 6.45) is 7.94. The predicted molar refractivity (Wildman–Crippen MR) is 110 cm³/mol. The minimum Gasteiger partial charge on any atom is -0.354 e. The fourth-order valence-electron chi connectivity index (χ4n) is 3.92. The van der Waals surface area contributed by atoms with Crippen molar-refractivity contribution in [3.05, 3.63) is 41.7 Å². The van der Waals surface area contributed by atoms with Crippen molar-refractivity contribution < 1.29 is 17.6 Å². The first-order valence-corrected chi connectivity index (χ1v) is 11.8. The number of hydrogen-bond donors (Lipinski definition) is 1. The van der Waals surface area contributed by atoms with Crippen LogP contribution in [-0.4, -0.2) is 62.3 Å². The van der Waals surface area contributed by atoms with E-state index in [0.29, 0.717) is 19.6 Å². The number of nitrogens with one attached hydrogen (secondary N) is 1. The number of sulfonamides is 1. The van der Waals surface area contributed by atoms with Crippen LogP contribution >= 0.6 is 0 Å². The Labute approximate surface area is 172 Å². The summed E-state index contributed by atoms with van der Waals surface area (Å²) in [4.78, 5) is 14.2. The summed E-state index contributed by atoms with van der Waals surface area (Å²) in [6, 6.07) is 5.10. The lowest BCUT2D eigenvalue weighted by atomic mass is 9.97. The Hall–Kier alpha value is -1.77. The Morgan fingerprint density at radius 3 is 2.55 bits per heavy atom. The quantitative estimate of drug-likeness (QED) is 0.685. The summed E-state index contributed by atoms with van der Waals surface area (Å²) in [5.41, 5.74) is 1.43. The van der Waals surface area contributed by atoms with E-state index in [1.54, 1.807) is 0 Å². The van der Waals surface area contributed by atoms with Gasteiger partial charge in [0.1, 0.15) is 10.7 Å². The molecule has 29 heavy (non-hydrogen) atoms. The second kappa shape index (κ2) is 9.82. The molecule has 0 radical (unpaired) electrons. The smallest absolute Gasteiger partial charge is 0.246 e. The summed E-state index contributed by atoms with van der Waals surface area (Å²) in [7, 11) is -3.86. The standard InChI is InChI=1S/C21H30FN3O3S/c1-17(21(26)23-12-11-18-7-3-2-4-8-18)24-13-15-25(16-14-24)29(27,28)20-10-6-5-9-19(20)22/h5-7,9-10,17H,2-4,8,11-16H2,1H3,(H,23,26)/t17-/m1/s1. The molecule has 160 valence electrons. The highest BCUT2D eigenvalue weighted by atomic mass is 32.2. The number of hydrogen-bond acceptors (Lipinski definition) is 4. The van der Waals surface area contributed by atoms with Gasteiger partial charge in [-0.1, -0.05) is 23.8 Å². The van der Waals surface area contributed by atoms with Crippen LogP contribution < -0.4 is 5.32 Å². The molecule has 1 saturated heterocycles. The van der Waals surface area contributed by atoms with Gasteiger partial charge in [-0.2, -0.15) is 4.31 Å². The van der Waals surface area contributed by atoms with Crippen LogP contribution in [-0.2, 0) is 14.8 Å². The monoisotopic (exact) mass is 423 g/mol. The van der Waals surface area contributed by atoms with Gasteiger partial charge < -0.3 is 5.32 Å². The van der Waals surface area contributed by atoms with Gasteiger partial charge in [0.15, 0.2) is 0 Å². The van der Waals surface area contributed by atoms with Crippen LogP contribution in [0.5, 0.6) is 0 Å². The molecule has 0 spiro atoms. The van der Waals surface area contributed by atoms with Gasteiger partial charge in [0.25, 0.3) is 0 Å². The van der Waals surface area contributed by atoms with Crippen LogP contribution in [0.3, 0.4) is 0 Å². The summed E-state index contributed by atoms with van der Waals surface area (Å²) >= 11 is 0. The van der Waals surface area contributed by atoms with Crippen molar-refractivity contribution in [2.45, 2.75) is 50.0 Å². The number of halogens is 1. The maximum absolute atomic E-state index is 13.9. The van der Waals surface area contributed by atoms with Crippen molar-refractivity contribution >= 4 is 15.9 Å². The fourth-order valence-corrected chi connectivity index (χ4v) is 5.40. The molecule has 3 rings (SSSR count). The van der Waals surface area contributed by atoms with Gasteiger partial charge in [0.05, 0.1) is 6.04 Å². The molecule has 1 N–H and O–H groups in total. The molecule has 6 nitrogen and oxygen atoms in total. The Kier molecular flexibility index (Phi) is 7.43. The first-order chi connectivity index (χ1) is 13.9. The lowest BCUT2D eigenvalue weighted by Crippen LogP contribution is -2.55. The molecule has 0 saturated carbocycles. The topological polar surface area (TPSA) is 69.7 Å².